The number of hydrogen-bond donors (Lipinski definition) is 1. The first-order chi connectivity index (χ1) is 15.8. The first-order valence-corrected chi connectivity index (χ1v) is 11.2. The van der Waals surface area contributed by atoms with Crippen molar-refractivity contribution in [3.8, 4) is 6.07 Å². The van der Waals surface area contributed by atoms with Gasteiger partial charge in [0.25, 0.3) is 0 Å². The van der Waals surface area contributed by atoms with Crippen molar-refractivity contribution in [2.45, 2.75) is 44.5 Å². The molecule has 7 rings (SSSR count). The molecule has 3 aromatic rings. The van der Waals surface area contributed by atoms with E-state index in [1.165, 1.54) is 12.1 Å². The summed E-state index contributed by atoms with van der Waals surface area (Å²) in [5.74, 6) is -1.27. The third kappa shape index (κ3) is 3.14. The van der Waals surface area contributed by atoms with Gasteiger partial charge in [-0.2, -0.15) is 15.5 Å². The van der Waals surface area contributed by atoms with Crippen molar-refractivity contribution in [2.75, 3.05) is 0 Å². The molecular weight excluding hydrogens is 448 g/mol. The van der Waals surface area contributed by atoms with E-state index in [-0.39, 0.29) is 16.9 Å². The Morgan fingerprint density at radius 1 is 1.18 bits per heavy atom. The summed E-state index contributed by atoms with van der Waals surface area (Å²) < 4.78 is 29.4. The largest absolute Gasteiger partial charge is 0.371 e. The lowest BCUT2D eigenvalue weighted by molar-refractivity contribution is -0.297. The predicted molar refractivity (Wildman–Crippen MR) is 118 cm³/mol. The van der Waals surface area contributed by atoms with E-state index < -0.39 is 17.9 Å². The van der Waals surface area contributed by atoms with Gasteiger partial charge in [-0.05, 0) is 54.5 Å². The number of aliphatic hydroxyl groups excluding tert-OH is 1. The zero-order valence-corrected chi connectivity index (χ0v) is 18.3. The average molecular weight is 468 g/mol. The highest BCUT2D eigenvalue weighted by Crippen LogP contribution is 2.75. The van der Waals surface area contributed by atoms with Crippen LogP contribution in [0.15, 0.2) is 41.6 Å². The first-order valence-electron chi connectivity index (χ1n) is 10.8. The van der Waals surface area contributed by atoms with Crippen molar-refractivity contribution in [3.05, 3.63) is 64.3 Å². The van der Waals surface area contributed by atoms with Crippen molar-refractivity contribution < 1.29 is 13.9 Å². The van der Waals surface area contributed by atoms with E-state index in [1.807, 2.05) is 10.9 Å². The van der Waals surface area contributed by atoms with E-state index in [9.17, 15) is 19.1 Å². The summed E-state index contributed by atoms with van der Waals surface area (Å²) in [7, 11) is 0. The number of aromatic nitrogens is 2. The quantitative estimate of drug-likeness (QED) is 0.586. The van der Waals surface area contributed by atoms with Gasteiger partial charge in [-0.15, -0.1) is 0 Å². The van der Waals surface area contributed by atoms with E-state index in [0.29, 0.717) is 22.6 Å². The summed E-state index contributed by atoms with van der Waals surface area (Å²) >= 11 is 6.12. The average Bonchev–Trinajstić information content (AvgIpc) is 3.34. The van der Waals surface area contributed by atoms with Crippen LogP contribution in [-0.4, -0.2) is 32.3 Å². The molecule has 3 aliphatic carbocycles. The molecule has 1 aliphatic heterocycles. The molecule has 6 nitrogen and oxygen atoms in total. The number of hydrazone groups is 1. The number of nitriles is 1. The number of aliphatic hydroxyl groups is 1. The van der Waals surface area contributed by atoms with Crippen molar-refractivity contribution >= 4 is 28.7 Å². The lowest BCUT2D eigenvalue weighted by atomic mass is 9.34. The highest BCUT2D eigenvalue weighted by Gasteiger charge is 2.71. The van der Waals surface area contributed by atoms with Gasteiger partial charge in [-0.3, -0.25) is 9.69 Å². The van der Waals surface area contributed by atoms with E-state index in [4.69, 9.17) is 11.6 Å². The molecule has 2 atom stereocenters. The first kappa shape index (κ1) is 20.6. The SMILES string of the molecule is N#Cc1cc2cn(CC34CC(C(O)N5N=CCC5c5cc(F)cc(F)c5)(C3)C4)nc2cc1Cl. The molecule has 9 heteroatoms. The molecule has 1 N–H and O–H groups in total. The lowest BCUT2D eigenvalue weighted by Gasteiger charge is -2.72. The standard InChI is InChI=1S/C24H20ClF2N5O/c25-19-7-20-16(3-15(19)8-28)9-31(30-20)13-23-10-24(11-23,12-23)22(33)32-21(1-2-29-32)14-4-17(26)6-18(27)5-14/h2-7,9,21-22,33H,1,10-13H2. The maximum absolute atomic E-state index is 13.7. The van der Waals surface area contributed by atoms with E-state index in [0.717, 1.165) is 42.8 Å². The summed E-state index contributed by atoms with van der Waals surface area (Å²) in [6, 6.07) is 8.61. The van der Waals surface area contributed by atoms with Crippen LogP contribution in [0.2, 0.25) is 5.02 Å². The monoisotopic (exact) mass is 467 g/mol. The minimum absolute atomic E-state index is 0.0643. The maximum atomic E-state index is 13.7. The van der Waals surface area contributed by atoms with Gasteiger partial charge in [0, 0.05) is 42.2 Å². The Morgan fingerprint density at radius 3 is 2.61 bits per heavy atom. The number of nitrogens with zero attached hydrogens (tertiary/aromatic N) is 5. The van der Waals surface area contributed by atoms with E-state index in [1.54, 1.807) is 23.4 Å². The van der Waals surface area contributed by atoms with Crippen LogP contribution in [0.25, 0.3) is 10.9 Å². The van der Waals surface area contributed by atoms with E-state index in [2.05, 4.69) is 16.3 Å². The van der Waals surface area contributed by atoms with Crippen molar-refractivity contribution in [2.24, 2.45) is 15.9 Å². The van der Waals surface area contributed by atoms with Gasteiger partial charge in [0.15, 0.2) is 0 Å². The predicted octanol–water partition coefficient (Wildman–Crippen LogP) is 4.76. The number of hydrogen-bond acceptors (Lipinski definition) is 5. The molecule has 3 fully saturated rings. The second kappa shape index (κ2) is 6.99. The molecule has 0 amide bonds. The Balaban J connectivity index is 1.16. The molecule has 168 valence electrons. The zero-order valence-electron chi connectivity index (χ0n) is 17.5. The van der Waals surface area contributed by atoms with Gasteiger partial charge in [-0.1, -0.05) is 11.6 Å². The van der Waals surface area contributed by atoms with Crippen molar-refractivity contribution in [1.29, 1.82) is 5.26 Å². The Labute approximate surface area is 193 Å². The van der Waals surface area contributed by atoms with Gasteiger partial charge in [0.05, 0.1) is 22.1 Å². The van der Waals surface area contributed by atoms with Crippen LogP contribution in [0, 0.1) is 33.8 Å². The molecule has 33 heavy (non-hydrogen) atoms. The number of halogens is 3. The van der Waals surface area contributed by atoms with Gasteiger partial charge in [0.1, 0.15) is 23.9 Å². The van der Waals surface area contributed by atoms with Crippen LogP contribution in [0.5, 0.6) is 0 Å². The Morgan fingerprint density at radius 2 is 1.91 bits per heavy atom. The molecule has 2 bridgehead atoms. The fourth-order valence-electron chi connectivity index (χ4n) is 6.13. The number of benzene rings is 2. The maximum Gasteiger partial charge on any atom is 0.148 e. The summed E-state index contributed by atoms with van der Waals surface area (Å²) in [6.07, 6.45) is 5.79. The molecule has 2 heterocycles. The Bertz CT molecular complexity index is 1320. The van der Waals surface area contributed by atoms with Crippen molar-refractivity contribution in [1.82, 2.24) is 14.8 Å². The summed E-state index contributed by atoms with van der Waals surface area (Å²) in [6.45, 7) is 0.720. The Kier molecular flexibility index (Phi) is 4.36. The van der Waals surface area contributed by atoms with Gasteiger partial charge < -0.3 is 5.11 Å². The minimum atomic E-state index is -0.817. The summed E-state index contributed by atoms with van der Waals surface area (Å²) in [4.78, 5) is 0. The molecule has 0 saturated heterocycles. The lowest BCUT2D eigenvalue weighted by Crippen LogP contribution is -2.70. The molecule has 2 aromatic carbocycles. The highest BCUT2D eigenvalue weighted by atomic mass is 35.5. The number of rotatable bonds is 5. The smallest absolute Gasteiger partial charge is 0.148 e. The fraction of sp³-hybridized carbons (Fsp3) is 0.375. The molecule has 0 spiro atoms. The van der Waals surface area contributed by atoms with Crippen LogP contribution in [0.1, 0.15) is 42.9 Å². The Hall–Kier alpha value is -3.02. The van der Waals surface area contributed by atoms with Gasteiger partial charge >= 0.3 is 0 Å². The van der Waals surface area contributed by atoms with E-state index >= 15 is 0 Å². The van der Waals surface area contributed by atoms with Crippen LogP contribution in [0.3, 0.4) is 0 Å². The minimum Gasteiger partial charge on any atom is -0.371 e. The van der Waals surface area contributed by atoms with Crippen LogP contribution in [-0.2, 0) is 6.54 Å². The van der Waals surface area contributed by atoms with Crippen LogP contribution in [0.4, 0.5) is 8.78 Å². The topological polar surface area (TPSA) is 77.4 Å². The van der Waals surface area contributed by atoms with Crippen molar-refractivity contribution in [3.63, 3.8) is 0 Å². The zero-order chi connectivity index (χ0) is 23.0. The molecule has 1 aromatic heterocycles. The second-order valence-corrected chi connectivity index (χ2v) is 10.1. The third-order valence-corrected chi connectivity index (χ3v) is 7.68. The summed E-state index contributed by atoms with van der Waals surface area (Å²) in [5, 5.41) is 32.2. The van der Waals surface area contributed by atoms with Crippen LogP contribution >= 0.6 is 11.6 Å². The van der Waals surface area contributed by atoms with Crippen LogP contribution < -0.4 is 0 Å². The molecule has 0 radical (unpaired) electrons. The molecule has 3 saturated carbocycles. The van der Waals surface area contributed by atoms with Gasteiger partial charge in [-0.25, -0.2) is 8.78 Å². The highest BCUT2D eigenvalue weighted by molar-refractivity contribution is 6.32. The molecule has 2 unspecified atom stereocenters. The third-order valence-electron chi connectivity index (χ3n) is 7.37. The molecular formula is C24H20ClF2N5O. The fourth-order valence-corrected chi connectivity index (χ4v) is 6.33. The van der Waals surface area contributed by atoms with Gasteiger partial charge in [0.2, 0.25) is 0 Å². The molecule has 4 aliphatic rings. The second-order valence-electron chi connectivity index (χ2n) is 9.73. The normalized spacial score (nSPS) is 28.5. The summed E-state index contributed by atoms with van der Waals surface area (Å²) in [5.41, 5.74) is 1.45. The number of fused-ring (bicyclic) bond motifs is 1.